The molecular weight excluding hydrogens is 410 g/mol. The van der Waals surface area contributed by atoms with Crippen LogP contribution in [0.15, 0.2) is 41.1 Å². The molecule has 2 heterocycles. The maximum atomic E-state index is 12.6. The number of H-pyrrole nitrogens is 1. The number of anilines is 1. The molecular formula is C19H20BrN5O2. The van der Waals surface area contributed by atoms with E-state index in [1.54, 1.807) is 6.20 Å². The van der Waals surface area contributed by atoms with Crippen molar-refractivity contribution in [3.8, 4) is 0 Å². The van der Waals surface area contributed by atoms with E-state index in [2.05, 4.69) is 36.6 Å². The minimum Gasteiger partial charge on any atom is -0.352 e. The van der Waals surface area contributed by atoms with Crippen LogP contribution >= 0.6 is 15.9 Å². The Morgan fingerprint density at radius 1 is 1.26 bits per heavy atom. The second kappa shape index (κ2) is 7.56. The molecule has 1 saturated carbocycles. The van der Waals surface area contributed by atoms with Crippen molar-refractivity contribution in [2.45, 2.75) is 38.3 Å². The van der Waals surface area contributed by atoms with Crippen molar-refractivity contribution >= 4 is 44.3 Å². The summed E-state index contributed by atoms with van der Waals surface area (Å²) in [6, 6.07) is 7.97. The monoisotopic (exact) mass is 429 g/mol. The van der Waals surface area contributed by atoms with Gasteiger partial charge in [0.05, 0.1) is 16.4 Å². The Hall–Kier alpha value is -2.61. The highest BCUT2D eigenvalue weighted by Crippen LogP contribution is 2.28. The Balaban J connectivity index is 1.40. The Morgan fingerprint density at radius 2 is 2.04 bits per heavy atom. The number of nitrogens with zero attached hydrogens (tertiary/aromatic N) is 2. The zero-order chi connectivity index (χ0) is 18.8. The zero-order valence-corrected chi connectivity index (χ0v) is 16.3. The van der Waals surface area contributed by atoms with Crippen LogP contribution in [0.5, 0.6) is 0 Å². The van der Waals surface area contributed by atoms with Gasteiger partial charge in [0.25, 0.3) is 5.91 Å². The molecule has 27 heavy (non-hydrogen) atoms. The van der Waals surface area contributed by atoms with Gasteiger partial charge in [-0.15, -0.1) is 0 Å². The highest BCUT2D eigenvalue weighted by Gasteiger charge is 2.18. The van der Waals surface area contributed by atoms with E-state index >= 15 is 0 Å². The van der Waals surface area contributed by atoms with Crippen molar-refractivity contribution in [2.24, 2.45) is 0 Å². The smallest absolute Gasteiger partial charge is 0.273 e. The third-order valence-corrected chi connectivity index (χ3v) is 5.61. The molecule has 2 aromatic heterocycles. The number of hydrogen-bond acceptors (Lipinski definition) is 3. The topological polar surface area (TPSA) is 91.8 Å². The van der Waals surface area contributed by atoms with Crippen LogP contribution in [-0.2, 0) is 11.3 Å². The predicted octanol–water partition coefficient (Wildman–Crippen LogP) is 3.44. The number of carbonyl (C=O) groups excluding carboxylic acids is 2. The second-order valence-electron chi connectivity index (χ2n) is 6.79. The minimum atomic E-state index is -0.270. The molecule has 140 valence electrons. The number of benzene rings is 1. The van der Waals surface area contributed by atoms with Crippen LogP contribution in [0.25, 0.3) is 10.9 Å². The molecule has 1 aliphatic rings. The van der Waals surface area contributed by atoms with Gasteiger partial charge in [0.1, 0.15) is 12.2 Å². The number of para-hydroxylation sites is 1. The summed E-state index contributed by atoms with van der Waals surface area (Å²) in [5.41, 5.74) is 1.87. The second-order valence-corrected chi connectivity index (χ2v) is 7.58. The summed E-state index contributed by atoms with van der Waals surface area (Å²) in [5, 5.41) is 10.9. The Morgan fingerprint density at radius 3 is 2.81 bits per heavy atom. The van der Waals surface area contributed by atoms with E-state index in [9.17, 15) is 9.59 Å². The van der Waals surface area contributed by atoms with Gasteiger partial charge in [0.15, 0.2) is 0 Å². The van der Waals surface area contributed by atoms with Crippen LogP contribution in [0.3, 0.4) is 0 Å². The van der Waals surface area contributed by atoms with Crippen LogP contribution in [-0.4, -0.2) is 32.6 Å². The summed E-state index contributed by atoms with van der Waals surface area (Å²) >= 11 is 3.48. The summed E-state index contributed by atoms with van der Waals surface area (Å²) < 4.78 is 2.25. The predicted molar refractivity (Wildman–Crippen MR) is 107 cm³/mol. The molecule has 0 atom stereocenters. The molecule has 0 bridgehead atoms. The quantitative estimate of drug-likeness (QED) is 0.579. The molecule has 0 spiro atoms. The molecule has 4 rings (SSSR count). The Kier molecular flexibility index (Phi) is 4.98. The summed E-state index contributed by atoms with van der Waals surface area (Å²) in [4.78, 5) is 27.8. The van der Waals surface area contributed by atoms with Crippen LogP contribution in [0.1, 0.15) is 36.2 Å². The van der Waals surface area contributed by atoms with Crippen LogP contribution in [0.2, 0.25) is 0 Å². The average molecular weight is 430 g/mol. The molecule has 0 unspecified atom stereocenters. The fourth-order valence-electron chi connectivity index (χ4n) is 3.46. The van der Waals surface area contributed by atoms with Gasteiger partial charge in [-0.25, -0.2) is 0 Å². The fourth-order valence-corrected chi connectivity index (χ4v) is 4.09. The van der Waals surface area contributed by atoms with Crippen molar-refractivity contribution in [3.63, 3.8) is 0 Å². The molecule has 1 aliphatic carbocycles. The lowest BCUT2D eigenvalue weighted by molar-refractivity contribution is -0.122. The van der Waals surface area contributed by atoms with Crippen molar-refractivity contribution in [1.82, 2.24) is 20.1 Å². The normalized spacial score (nSPS) is 14.6. The van der Waals surface area contributed by atoms with Gasteiger partial charge in [0, 0.05) is 23.1 Å². The fraction of sp³-hybridized carbons (Fsp3) is 0.316. The highest BCUT2D eigenvalue weighted by molar-refractivity contribution is 9.10. The van der Waals surface area contributed by atoms with Gasteiger partial charge in [0.2, 0.25) is 5.91 Å². The summed E-state index contributed by atoms with van der Waals surface area (Å²) in [5.74, 6) is -0.325. The number of aromatic amines is 1. The van der Waals surface area contributed by atoms with E-state index in [-0.39, 0.29) is 24.4 Å². The molecule has 1 aromatic carbocycles. The minimum absolute atomic E-state index is 0.0544. The third-order valence-electron chi connectivity index (χ3n) is 4.79. The van der Waals surface area contributed by atoms with Gasteiger partial charge in [-0.1, -0.05) is 31.0 Å². The van der Waals surface area contributed by atoms with Crippen molar-refractivity contribution in [1.29, 1.82) is 0 Å². The van der Waals surface area contributed by atoms with Crippen molar-refractivity contribution in [3.05, 3.63) is 46.8 Å². The Bertz CT molecular complexity index is 987. The largest absolute Gasteiger partial charge is 0.352 e. The molecule has 3 N–H and O–H groups in total. The van der Waals surface area contributed by atoms with Gasteiger partial charge in [-0.2, -0.15) is 5.10 Å². The van der Waals surface area contributed by atoms with Crippen LogP contribution in [0, 0.1) is 0 Å². The average Bonchev–Trinajstić information content (AvgIpc) is 3.37. The standard InChI is InChI=1S/C19H20BrN5O2/c20-17-14-7-3-4-8-15(14)24-18(17)19(27)23-13-9-21-25(10-13)11-16(26)22-12-5-1-2-6-12/h3-4,7-10,12,24H,1-2,5-6,11H2,(H,22,26)(H,23,27). The van der Waals surface area contributed by atoms with E-state index in [4.69, 9.17) is 0 Å². The summed E-state index contributed by atoms with van der Waals surface area (Å²) in [6.07, 6.45) is 7.63. The first kappa shape index (κ1) is 17.8. The van der Waals surface area contributed by atoms with Crippen molar-refractivity contribution in [2.75, 3.05) is 5.32 Å². The molecule has 0 radical (unpaired) electrons. The number of carbonyl (C=O) groups is 2. The van der Waals surface area contributed by atoms with E-state index in [0.717, 1.165) is 28.2 Å². The number of rotatable bonds is 5. The number of amides is 2. The number of aromatic nitrogens is 3. The van der Waals surface area contributed by atoms with Crippen LogP contribution in [0.4, 0.5) is 5.69 Å². The molecule has 2 amide bonds. The van der Waals surface area contributed by atoms with E-state index in [0.29, 0.717) is 11.4 Å². The van der Waals surface area contributed by atoms with E-state index in [1.807, 2.05) is 24.3 Å². The number of fused-ring (bicyclic) bond motifs is 1. The first-order valence-electron chi connectivity index (χ1n) is 8.99. The molecule has 0 aliphatic heterocycles. The molecule has 3 aromatic rings. The van der Waals surface area contributed by atoms with Gasteiger partial charge < -0.3 is 15.6 Å². The summed E-state index contributed by atoms with van der Waals surface area (Å²) in [6.45, 7) is 0.141. The lowest BCUT2D eigenvalue weighted by atomic mass is 10.2. The molecule has 7 nitrogen and oxygen atoms in total. The maximum Gasteiger partial charge on any atom is 0.273 e. The van der Waals surface area contributed by atoms with E-state index < -0.39 is 0 Å². The SMILES string of the molecule is O=C(Cn1cc(NC(=O)c2[nH]c3ccccc3c2Br)cn1)NC1CCCC1. The van der Waals surface area contributed by atoms with E-state index in [1.165, 1.54) is 23.7 Å². The zero-order valence-electron chi connectivity index (χ0n) is 14.7. The summed E-state index contributed by atoms with van der Waals surface area (Å²) in [7, 11) is 0. The van der Waals surface area contributed by atoms with Gasteiger partial charge in [-0.05, 0) is 34.8 Å². The Labute approximate surface area is 164 Å². The molecule has 1 fully saturated rings. The molecule has 0 saturated heterocycles. The van der Waals surface area contributed by atoms with Gasteiger partial charge >= 0.3 is 0 Å². The lowest BCUT2D eigenvalue weighted by Gasteiger charge is -2.11. The number of nitrogens with one attached hydrogen (secondary N) is 3. The van der Waals surface area contributed by atoms with Crippen molar-refractivity contribution < 1.29 is 9.59 Å². The lowest BCUT2D eigenvalue weighted by Crippen LogP contribution is -2.35. The first-order valence-corrected chi connectivity index (χ1v) is 9.79. The molecule has 8 heteroatoms. The first-order chi connectivity index (χ1) is 13.1. The maximum absolute atomic E-state index is 12.6. The number of hydrogen-bond donors (Lipinski definition) is 3. The third kappa shape index (κ3) is 3.90. The van der Waals surface area contributed by atoms with Crippen LogP contribution < -0.4 is 10.6 Å². The van der Waals surface area contributed by atoms with Gasteiger partial charge in [-0.3, -0.25) is 14.3 Å². The highest BCUT2D eigenvalue weighted by atomic mass is 79.9. The number of halogens is 1.